The van der Waals surface area contributed by atoms with Crippen LogP contribution in [0.1, 0.15) is 5.76 Å². The monoisotopic (exact) mass is 412 g/mol. The van der Waals surface area contributed by atoms with Gasteiger partial charge in [0, 0.05) is 11.1 Å². The third-order valence-corrected chi connectivity index (χ3v) is 4.36. The van der Waals surface area contributed by atoms with Gasteiger partial charge in [-0.05, 0) is 42.5 Å². The van der Waals surface area contributed by atoms with E-state index >= 15 is 0 Å². The van der Waals surface area contributed by atoms with E-state index in [1.54, 1.807) is 50.6 Å². The number of hydrogen-bond acceptors (Lipinski definition) is 7. The first-order chi connectivity index (χ1) is 14.2. The van der Waals surface area contributed by atoms with E-state index in [9.17, 15) is 0 Å². The first kappa shape index (κ1) is 18.9. The van der Waals surface area contributed by atoms with Gasteiger partial charge in [0.05, 0.1) is 19.8 Å². The molecule has 0 bridgehead atoms. The molecule has 0 amide bonds. The van der Waals surface area contributed by atoms with E-state index in [1.807, 2.05) is 18.2 Å². The second-order valence-corrected chi connectivity index (χ2v) is 6.44. The lowest BCUT2D eigenvalue weighted by Gasteiger charge is -2.05. The van der Waals surface area contributed by atoms with Gasteiger partial charge in [0.25, 0.3) is 5.89 Å². The van der Waals surface area contributed by atoms with Crippen molar-refractivity contribution in [1.82, 2.24) is 10.1 Å². The van der Waals surface area contributed by atoms with Crippen LogP contribution in [0.3, 0.4) is 0 Å². The molecule has 0 atom stereocenters. The van der Waals surface area contributed by atoms with Crippen molar-refractivity contribution in [1.29, 1.82) is 0 Å². The minimum atomic E-state index is 0.245. The molecule has 0 unspecified atom stereocenters. The lowest BCUT2D eigenvalue weighted by molar-refractivity contribution is 0.269. The molecular formula is C21H17ClN2O5. The third-order valence-electron chi connectivity index (χ3n) is 4.12. The number of halogens is 1. The molecular weight excluding hydrogens is 396 g/mol. The zero-order valence-electron chi connectivity index (χ0n) is 15.7. The molecule has 0 N–H and O–H groups in total. The van der Waals surface area contributed by atoms with Crippen LogP contribution in [0.5, 0.6) is 17.2 Å². The molecule has 0 aliphatic heterocycles. The maximum atomic E-state index is 6.07. The van der Waals surface area contributed by atoms with E-state index < -0.39 is 0 Å². The molecule has 0 spiro atoms. The zero-order chi connectivity index (χ0) is 20.2. The second kappa shape index (κ2) is 8.28. The fraction of sp³-hybridized carbons (Fsp3) is 0.143. The van der Waals surface area contributed by atoms with Crippen molar-refractivity contribution in [3.63, 3.8) is 0 Å². The van der Waals surface area contributed by atoms with Crippen molar-refractivity contribution >= 4 is 11.6 Å². The highest BCUT2D eigenvalue weighted by atomic mass is 35.5. The highest BCUT2D eigenvalue weighted by molar-refractivity contribution is 6.30. The molecule has 7 nitrogen and oxygen atoms in total. The van der Waals surface area contributed by atoms with Gasteiger partial charge < -0.3 is 23.2 Å². The summed E-state index contributed by atoms with van der Waals surface area (Å²) in [7, 11) is 3.17. The van der Waals surface area contributed by atoms with Crippen LogP contribution >= 0.6 is 11.6 Å². The Morgan fingerprint density at radius 2 is 1.83 bits per heavy atom. The Hall–Kier alpha value is -3.45. The fourth-order valence-electron chi connectivity index (χ4n) is 2.70. The average molecular weight is 413 g/mol. The molecule has 2 aromatic carbocycles. The Morgan fingerprint density at radius 1 is 0.966 bits per heavy atom. The summed E-state index contributed by atoms with van der Waals surface area (Å²) < 4.78 is 27.4. The molecule has 4 aromatic rings. The Labute approximate surface area is 171 Å². The van der Waals surface area contributed by atoms with Crippen molar-refractivity contribution in [2.45, 2.75) is 6.61 Å². The number of aromatic nitrogens is 2. The van der Waals surface area contributed by atoms with Gasteiger partial charge in [0.1, 0.15) is 29.6 Å². The van der Waals surface area contributed by atoms with E-state index in [1.165, 1.54) is 0 Å². The molecule has 8 heteroatoms. The quantitative estimate of drug-likeness (QED) is 0.410. The van der Waals surface area contributed by atoms with Gasteiger partial charge in [0.15, 0.2) is 5.76 Å². The molecule has 0 saturated carbocycles. The largest absolute Gasteiger partial charge is 0.497 e. The number of benzene rings is 2. The van der Waals surface area contributed by atoms with Crippen LogP contribution in [0, 0.1) is 0 Å². The molecule has 2 heterocycles. The van der Waals surface area contributed by atoms with E-state index in [4.69, 9.17) is 34.8 Å². The van der Waals surface area contributed by atoms with Gasteiger partial charge >= 0.3 is 0 Å². The Bertz CT molecular complexity index is 1120. The molecule has 0 saturated heterocycles. The molecule has 0 aliphatic carbocycles. The molecule has 0 fully saturated rings. The Kier molecular flexibility index (Phi) is 5.39. The summed E-state index contributed by atoms with van der Waals surface area (Å²) in [6.45, 7) is 0.246. The van der Waals surface area contributed by atoms with Crippen molar-refractivity contribution in [2.75, 3.05) is 14.2 Å². The normalized spacial score (nSPS) is 10.7. The molecule has 4 rings (SSSR count). The summed E-state index contributed by atoms with van der Waals surface area (Å²) >= 11 is 6.07. The summed E-state index contributed by atoms with van der Waals surface area (Å²) in [5.74, 6) is 3.64. The smallest absolute Gasteiger partial charge is 0.293 e. The molecule has 0 aliphatic rings. The van der Waals surface area contributed by atoms with Gasteiger partial charge in [0.2, 0.25) is 5.82 Å². The van der Waals surface area contributed by atoms with Crippen LogP contribution in [0.2, 0.25) is 5.02 Å². The predicted molar refractivity (Wildman–Crippen MR) is 106 cm³/mol. The minimum absolute atomic E-state index is 0.245. The molecule has 2 aromatic heterocycles. The van der Waals surface area contributed by atoms with Crippen molar-refractivity contribution < 1.29 is 23.2 Å². The standard InChI is InChI=1S/C21H17ClN2O5/c1-25-14-4-3-5-15(11-14)27-12-16-7-9-19(28-16)21-23-20(24-29-21)17-10-13(22)6-8-18(17)26-2/h3-11H,12H2,1-2H3. The van der Waals surface area contributed by atoms with Crippen molar-refractivity contribution in [3.8, 4) is 40.3 Å². The second-order valence-electron chi connectivity index (χ2n) is 6.00. The van der Waals surface area contributed by atoms with Crippen LogP contribution in [-0.4, -0.2) is 24.4 Å². The van der Waals surface area contributed by atoms with Gasteiger partial charge in [-0.15, -0.1) is 0 Å². The number of furan rings is 1. The van der Waals surface area contributed by atoms with Gasteiger partial charge in [-0.1, -0.05) is 22.8 Å². The number of ether oxygens (including phenoxy) is 3. The van der Waals surface area contributed by atoms with Crippen LogP contribution < -0.4 is 14.2 Å². The van der Waals surface area contributed by atoms with Gasteiger partial charge in [-0.3, -0.25) is 0 Å². The Balaban J connectivity index is 1.50. The molecule has 0 radical (unpaired) electrons. The molecule has 148 valence electrons. The van der Waals surface area contributed by atoms with Crippen molar-refractivity contribution in [2.24, 2.45) is 0 Å². The lowest BCUT2D eigenvalue weighted by Crippen LogP contribution is -1.94. The number of hydrogen-bond donors (Lipinski definition) is 0. The summed E-state index contributed by atoms with van der Waals surface area (Å²) in [6.07, 6.45) is 0. The van der Waals surface area contributed by atoms with Crippen molar-refractivity contribution in [3.05, 3.63) is 65.4 Å². The van der Waals surface area contributed by atoms with E-state index in [0.717, 1.165) is 5.75 Å². The summed E-state index contributed by atoms with van der Waals surface area (Å²) in [5.41, 5.74) is 0.628. The number of nitrogens with zero attached hydrogens (tertiary/aromatic N) is 2. The highest BCUT2D eigenvalue weighted by Gasteiger charge is 2.17. The minimum Gasteiger partial charge on any atom is -0.497 e. The summed E-state index contributed by atoms with van der Waals surface area (Å²) in [4.78, 5) is 4.39. The van der Waals surface area contributed by atoms with Gasteiger partial charge in [-0.2, -0.15) is 4.98 Å². The van der Waals surface area contributed by atoms with Crippen LogP contribution in [0.4, 0.5) is 0 Å². The topological polar surface area (TPSA) is 79.8 Å². The van der Waals surface area contributed by atoms with Crippen LogP contribution in [-0.2, 0) is 6.61 Å². The predicted octanol–water partition coefficient (Wildman–Crippen LogP) is 5.25. The molecule has 29 heavy (non-hydrogen) atoms. The van der Waals surface area contributed by atoms with Gasteiger partial charge in [-0.25, -0.2) is 0 Å². The SMILES string of the molecule is COc1cccc(OCc2ccc(-c3nc(-c4cc(Cl)ccc4OC)no3)o2)c1. The zero-order valence-corrected chi connectivity index (χ0v) is 16.5. The summed E-state index contributed by atoms with van der Waals surface area (Å²) in [6, 6.07) is 16.1. The fourth-order valence-corrected chi connectivity index (χ4v) is 2.88. The third kappa shape index (κ3) is 4.20. The Morgan fingerprint density at radius 3 is 2.66 bits per heavy atom. The number of methoxy groups -OCH3 is 2. The average Bonchev–Trinajstić information content (AvgIpc) is 3.42. The van der Waals surface area contributed by atoms with E-state index in [-0.39, 0.29) is 12.5 Å². The van der Waals surface area contributed by atoms with Crippen LogP contribution in [0.15, 0.2) is 63.5 Å². The maximum absolute atomic E-state index is 6.07. The highest BCUT2D eigenvalue weighted by Crippen LogP contribution is 2.32. The summed E-state index contributed by atoms with van der Waals surface area (Å²) in [5, 5.41) is 4.55. The van der Waals surface area contributed by atoms with E-state index in [2.05, 4.69) is 10.1 Å². The first-order valence-corrected chi connectivity index (χ1v) is 9.07. The van der Waals surface area contributed by atoms with E-state index in [0.29, 0.717) is 39.4 Å². The van der Waals surface area contributed by atoms with Crippen LogP contribution in [0.25, 0.3) is 23.0 Å². The first-order valence-electron chi connectivity index (χ1n) is 8.70. The maximum Gasteiger partial charge on any atom is 0.293 e. The number of rotatable bonds is 7. The lowest BCUT2D eigenvalue weighted by atomic mass is 10.2.